The van der Waals surface area contributed by atoms with Gasteiger partial charge in [0.15, 0.2) is 0 Å². The number of hydrogen-bond acceptors (Lipinski definition) is 6. The quantitative estimate of drug-likeness (QED) is 0.150. The number of carbonyl (C=O) groups is 2. The monoisotopic (exact) mass is 488 g/mol. The molecule has 204 valence electrons. The molecular weight excluding hydrogens is 432 g/mol. The number of carbonyl (C=O) groups excluding carboxylic acids is 2. The van der Waals surface area contributed by atoms with Crippen molar-refractivity contribution in [2.45, 2.75) is 140 Å². The Labute approximate surface area is 210 Å². The maximum absolute atomic E-state index is 11.5. The second-order valence-electron chi connectivity index (χ2n) is 12.9. The summed E-state index contributed by atoms with van der Waals surface area (Å²) in [7, 11) is 0. The SMILES string of the molecule is CC(C)(C)CCCCC(C(=O)OO)C(C)(C)C.CCCCOOC(=O)CCCCCC(C)(C)C. The Hall–Kier alpha value is -1.14. The summed E-state index contributed by atoms with van der Waals surface area (Å²) in [6, 6.07) is 0. The molecule has 34 heavy (non-hydrogen) atoms. The maximum atomic E-state index is 11.5. The van der Waals surface area contributed by atoms with E-state index < -0.39 is 5.97 Å². The average molecular weight is 489 g/mol. The highest BCUT2D eigenvalue weighted by Gasteiger charge is 2.32. The van der Waals surface area contributed by atoms with Gasteiger partial charge in [0.25, 0.3) is 0 Å². The van der Waals surface area contributed by atoms with E-state index in [0.717, 1.165) is 51.4 Å². The molecule has 0 bridgehead atoms. The predicted octanol–water partition coefficient (Wildman–Crippen LogP) is 8.53. The number of unbranched alkanes of at least 4 members (excludes halogenated alkanes) is 4. The minimum Gasteiger partial charge on any atom is -0.301 e. The Morgan fingerprint density at radius 2 is 1.29 bits per heavy atom. The summed E-state index contributed by atoms with van der Waals surface area (Å²) in [6.07, 6.45) is 10.8. The normalized spacial score (nSPS) is 13.0. The molecule has 0 amide bonds. The number of hydrogen-bond donors (Lipinski definition) is 1. The maximum Gasteiger partial charge on any atom is 0.345 e. The minimum atomic E-state index is -0.506. The van der Waals surface area contributed by atoms with Crippen molar-refractivity contribution in [3.8, 4) is 0 Å². The van der Waals surface area contributed by atoms with Gasteiger partial charge >= 0.3 is 11.9 Å². The zero-order chi connectivity index (χ0) is 26.8. The van der Waals surface area contributed by atoms with Crippen LogP contribution in [0.3, 0.4) is 0 Å². The van der Waals surface area contributed by atoms with Crippen molar-refractivity contribution in [1.82, 2.24) is 0 Å². The van der Waals surface area contributed by atoms with Gasteiger partial charge in [-0.2, -0.15) is 10.1 Å². The second kappa shape index (κ2) is 18.2. The van der Waals surface area contributed by atoms with Crippen LogP contribution in [0.15, 0.2) is 0 Å². The molecule has 0 aromatic heterocycles. The first-order valence-corrected chi connectivity index (χ1v) is 13.2. The van der Waals surface area contributed by atoms with Crippen LogP contribution in [-0.2, 0) is 24.3 Å². The molecule has 0 fully saturated rings. The van der Waals surface area contributed by atoms with Crippen molar-refractivity contribution in [3.63, 3.8) is 0 Å². The van der Waals surface area contributed by atoms with Gasteiger partial charge in [-0.15, -0.1) is 0 Å². The molecule has 0 aromatic carbocycles. The summed E-state index contributed by atoms with van der Waals surface area (Å²) >= 11 is 0. The van der Waals surface area contributed by atoms with Gasteiger partial charge in [0.2, 0.25) is 0 Å². The first-order valence-electron chi connectivity index (χ1n) is 13.2. The zero-order valence-corrected chi connectivity index (χ0v) is 24.1. The highest BCUT2D eigenvalue weighted by atomic mass is 17.2. The lowest BCUT2D eigenvalue weighted by Gasteiger charge is -2.28. The van der Waals surface area contributed by atoms with E-state index in [0.29, 0.717) is 23.9 Å². The van der Waals surface area contributed by atoms with Gasteiger partial charge in [-0.05, 0) is 48.3 Å². The molecule has 0 aromatic rings. The Morgan fingerprint density at radius 3 is 1.74 bits per heavy atom. The van der Waals surface area contributed by atoms with Gasteiger partial charge in [-0.1, -0.05) is 101 Å². The predicted molar refractivity (Wildman–Crippen MR) is 139 cm³/mol. The van der Waals surface area contributed by atoms with Gasteiger partial charge in [-0.25, -0.2) is 9.59 Å². The molecule has 1 atom stereocenters. The van der Waals surface area contributed by atoms with Crippen LogP contribution in [-0.4, -0.2) is 23.8 Å². The Balaban J connectivity index is 0. The van der Waals surface area contributed by atoms with E-state index in [1.807, 2.05) is 20.8 Å². The highest BCUT2D eigenvalue weighted by molar-refractivity contribution is 5.72. The van der Waals surface area contributed by atoms with Crippen LogP contribution in [0.25, 0.3) is 0 Å². The third kappa shape index (κ3) is 24.0. The van der Waals surface area contributed by atoms with Crippen molar-refractivity contribution in [2.24, 2.45) is 22.2 Å². The lowest BCUT2D eigenvalue weighted by molar-refractivity contribution is -0.272. The molecular formula is C28H56O6. The van der Waals surface area contributed by atoms with Crippen LogP contribution >= 0.6 is 0 Å². The largest absolute Gasteiger partial charge is 0.345 e. The minimum absolute atomic E-state index is 0.165. The van der Waals surface area contributed by atoms with Crippen LogP contribution in [0.1, 0.15) is 140 Å². The standard InChI is InChI=1S/2C14H28O3/c1-13(2,3)10-8-7-9-11(12(15)17-16)14(4,5)6;1-5-6-12-16-17-13(15)10-8-7-9-11-14(2,3)4/h11,16H,7-10H2,1-6H3;5-12H2,1-4H3. The van der Waals surface area contributed by atoms with E-state index in [4.69, 9.17) is 10.1 Å². The lowest BCUT2D eigenvalue weighted by atomic mass is 9.77. The fourth-order valence-corrected chi connectivity index (χ4v) is 3.43. The first-order chi connectivity index (χ1) is 15.5. The lowest BCUT2D eigenvalue weighted by Crippen LogP contribution is -2.29. The topological polar surface area (TPSA) is 82.1 Å². The van der Waals surface area contributed by atoms with Crippen LogP contribution in [0, 0.1) is 22.2 Å². The molecule has 0 heterocycles. The Morgan fingerprint density at radius 1 is 0.765 bits per heavy atom. The molecule has 0 spiro atoms. The fraction of sp³-hybridized carbons (Fsp3) is 0.929. The van der Waals surface area contributed by atoms with E-state index in [1.165, 1.54) is 12.8 Å². The Bertz CT molecular complexity index is 522. The number of rotatable bonds is 14. The van der Waals surface area contributed by atoms with Crippen molar-refractivity contribution in [1.29, 1.82) is 0 Å². The van der Waals surface area contributed by atoms with E-state index in [-0.39, 0.29) is 17.3 Å². The summed E-state index contributed by atoms with van der Waals surface area (Å²) in [5, 5.41) is 8.50. The third-order valence-electron chi connectivity index (χ3n) is 5.63. The van der Waals surface area contributed by atoms with Crippen molar-refractivity contribution in [3.05, 3.63) is 0 Å². The van der Waals surface area contributed by atoms with Gasteiger partial charge in [-0.3, -0.25) is 4.89 Å². The van der Waals surface area contributed by atoms with Gasteiger partial charge in [0.05, 0.1) is 12.5 Å². The second-order valence-corrected chi connectivity index (χ2v) is 12.9. The molecule has 0 saturated carbocycles. The van der Waals surface area contributed by atoms with E-state index in [2.05, 4.69) is 58.2 Å². The smallest absolute Gasteiger partial charge is 0.301 e. The van der Waals surface area contributed by atoms with Crippen LogP contribution in [0.4, 0.5) is 0 Å². The zero-order valence-electron chi connectivity index (χ0n) is 24.1. The van der Waals surface area contributed by atoms with E-state index in [1.54, 1.807) is 0 Å². The van der Waals surface area contributed by atoms with Crippen LogP contribution < -0.4 is 0 Å². The molecule has 6 heteroatoms. The van der Waals surface area contributed by atoms with Gasteiger partial charge < -0.3 is 4.89 Å². The van der Waals surface area contributed by atoms with Crippen molar-refractivity contribution in [2.75, 3.05) is 6.61 Å². The molecule has 1 unspecified atom stereocenters. The molecule has 0 radical (unpaired) electrons. The highest BCUT2D eigenvalue weighted by Crippen LogP contribution is 2.32. The summed E-state index contributed by atoms with van der Waals surface area (Å²) in [4.78, 5) is 36.0. The fourth-order valence-electron chi connectivity index (χ4n) is 3.43. The molecule has 0 aliphatic carbocycles. The van der Waals surface area contributed by atoms with Gasteiger partial charge in [0.1, 0.15) is 0 Å². The average Bonchev–Trinajstić information content (AvgIpc) is 2.68. The molecule has 0 saturated heterocycles. The molecule has 0 aliphatic heterocycles. The van der Waals surface area contributed by atoms with E-state index >= 15 is 0 Å². The summed E-state index contributed by atoms with van der Waals surface area (Å²) in [6.45, 7) is 21.9. The Kier molecular flexibility index (Phi) is 18.7. The van der Waals surface area contributed by atoms with Crippen LogP contribution in [0.5, 0.6) is 0 Å². The summed E-state index contributed by atoms with van der Waals surface area (Å²) in [5.41, 5.74) is 0.569. The summed E-state index contributed by atoms with van der Waals surface area (Å²) < 4.78 is 0. The van der Waals surface area contributed by atoms with Crippen molar-refractivity contribution < 1.29 is 29.5 Å². The first kappa shape index (κ1) is 35.0. The molecule has 1 N–H and O–H groups in total. The summed E-state index contributed by atoms with van der Waals surface area (Å²) in [5.74, 6) is -0.974. The van der Waals surface area contributed by atoms with Gasteiger partial charge in [0, 0.05) is 6.42 Å². The molecule has 0 rings (SSSR count). The van der Waals surface area contributed by atoms with Crippen LogP contribution in [0.2, 0.25) is 0 Å². The third-order valence-corrected chi connectivity index (χ3v) is 5.63. The molecule has 0 aliphatic rings. The van der Waals surface area contributed by atoms with E-state index in [9.17, 15) is 9.59 Å². The molecule has 6 nitrogen and oxygen atoms in total. The van der Waals surface area contributed by atoms with Crippen molar-refractivity contribution >= 4 is 11.9 Å².